The number of rotatable bonds is 6. The molecule has 0 spiro atoms. The van der Waals surface area contributed by atoms with Gasteiger partial charge in [0.25, 0.3) is 0 Å². The summed E-state index contributed by atoms with van der Waals surface area (Å²) in [5, 5.41) is 10.2. The summed E-state index contributed by atoms with van der Waals surface area (Å²) in [5.41, 5.74) is 0.750. The van der Waals surface area contributed by atoms with E-state index in [-0.39, 0.29) is 5.92 Å². The van der Waals surface area contributed by atoms with Gasteiger partial charge in [-0.25, -0.2) is 9.78 Å². The molecule has 1 saturated carbocycles. The van der Waals surface area contributed by atoms with Gasteiger partial charge in [-0.2, -0.15) is 0 Å². The van der Waals surface area contributed by atoms with Crippen molar-refractivity contribution in [2.24, 2.45) is 5.92 Å². The largest absolute Gasteiger partial charge is 0.477 e. The van der Waals surface area contributed by atoms with E-state index in [1.54, 1.807) is 0 Å². The molecule has 2 rings (SSSR count). The molecule has 1 aliphatic rings. The highest BCUT2D eigenvalue weighted by molar-refractivity contribution is 7.17. The minimum Gasteiger partial charge on any atom is -0.477 e. The molecule has 118 valence electrons. The van der Waals surface area contributed by atoms with E-state index in [9.17, 15) is 9.90 Å². The highest BCUT2D eigenvalue weighted by Gasteiger charge is 2.24. The zero-order valence-corrected chi connectivity index (χ0v) is 14.1. The normalized spacial score (nSPS) is 17.7. The van der Waals surface area contributed by atoms with E-state index in [0.29, 0.717) is 4.88 Å². The number of hydrogen-bond acceptors (Lipinski definition) is 4. The van der Waals surface area contributed by atoms with Crippen LogP contribution in [0.1, 0.15) is 73.7 Å². The smallest absolute Gasteiger partial charge is 0.347 e. The van der Waals surface area contributed by atoms with E-state index < -0.39 is 5.97 Å². The maximum atomic E-state index is 11.4. The van der Waals surface area contributed by atoms with Gasteiger partial charge in [0, 0.05) is 13.6 Å². The number of carbonyl (C=O) groups is 1. The molecule has 1 fully saturated rings. The average Bonchev–Trinajstić information content (AvgIpc) is 2.93. The molecule has 1 heterocycles. The van der Waals surface area contributed by atoms with Gasteiger partial charge in [0.15, 0.2) is 5.13 Å². The molecule has 0 aromatic carbocycles. The third-order valence-corrected chi connectivity index (χ3v) is 5.67. The Bertz CT molecular complexity index is 481. The summed E-state index contributed by atoms with van der Waals surface area (Å²) in [6, 6.07) is 0. The van der Waals surface area contributed by atoms with E-state index in [4.69, 9.17) is 0 Å². The number of aromatic nitrogens is 1. The van der Waals surface area contributed by atoms with Crippen molar-refractivity contribution in [3.8, 4) is 0 Å². The fourth-order valence-electron chi connectivity index (χ4n) is 3.00. The lowest BCUT2D eigenvalue weighted by molar-refractivity contribution is 0.0700. The van der Waals surface area contributed by atoms with E-state index >= 15 is 0 Å². The Morgan fingerprint density at radius 1 is 1.43 bits per heavy atom. The van der Waals surface area contributed by atoms with Crippen molar-refractivity contribution in [3.05, 3.63) is 10.6 Å². The zero-order chi connectivity index (χ0) is 15.4. The lowest BCUT2D eigenvalue weighted by Gasteiger charge is -2.26. The van der Waals surface area contributed by atoms with Gasteiger partial charge >= 0.3 is 5.97 Å². The molecule has 0 aliphatic heterocycles. The summed E-state index contributed by atoms with van der Waals surface area (Å²) in [6.45, 7) is 5.11. The molecule has 1 aliphatic carbocycles. The van der Waals surface area contributed by atoms with Crippen LogP contribution in [-0.2, 0) is 0 Å². The predicted molar refractivity (Wildman–Crippen MR) is 87.6 cm³/mol. The van der Waals surface area contributed by atoms with Crippen LogP contribution in [-0.4, -0.2) is 29.7 Å². The Balaban J connectivity index is 2.13. The van der Waals surface area contributed by atoms with E-state index in [1.165, 1.54) is 43.4 Å². The van der Waals surface area contributed by atoms with Crippen LogP contribution in [0.4, 0.5) is 5.13 Å². The van der Waals surface area contributed by atoms with Gasteiger partial charge in [-0.1, -0.05) is 44.4 Å². The number of anilines is 1. The summed E-state index contributed by atoms with van der Waals surface area (Å²) < 4.78 is 0. The standard InChI is InChI=1S/C16H26N2O2S/c1-4-11(2)13-14(15(19)20)21-16(17-13)18(3)10-12-8-6-5-7-9-12/h11-12H,4-10H2,1-3H3,(H,19,20). The van der Waals surface area contributed by atoms with E-state index in [0.717, 1.165) is 29.7 Å². The Hall–Kier alpha value is -1.10. The average molecular weight is 310 g/mol. The van der Waals surface area contributed by atoms with Crippen molar-refractivity contribution in [3.63, 3.8) is 0 Å². The van der Waals surface area contributed by atoms with Crippen molar-refractivity contribution in [2.75, 3.05) is 18.5 Å². The molecule has 1 N–H and O–H groups in total. The molecule has 0 radical (unpaired) electrons. The molecule has 0 bridgehead atoms. The number of carboxylic acids is 1. The molecule has 1 aromatic heterocycles. The summed E-state index contributed by atoms with van der Waals surface area (Å²) >= 11 is 1.32. The van der Waals surface area contributed by atoms with Crippen molar-refractivity contribution in [1.29, 1.82) is 0 Å². The Labute approximate surface area is 131 Å². The first-order valence-corrected chi connectivity index (χ1v) is 8.79. The second kappa shape index (κ2) is 7.25. The molecule has 0 amide bonds. The number of hydrogen-bond donors (Lipinski definition) is 1. The molecule has 4 nitrogen and oxygen atoms in total. The Morgan fingerprint density at radius 3 is 2.67 bits per heavy atom. The molecule has 21 heavy (non-hydrogen) atoms. The molecule has 5 heteroatoms. The fraction of sp³-hybridized carbons (Fsp3) is 0.750. The SMILES string of the molecule is CCC(C)c1nc(N(C)CC2CCCCC2)sc1C(=O)O. The zero-order valence-electron chi connectivity index (χ0n) is 13.3. The maximum absolute atomic E-state index is 11.4. The van der Waals surface area contributed by atoms with Crippen LogP contribution in [0.5, 0.6) is 0 Å². The van der Waals surface area contributed by atoms with Crippen LogP contribution in [0.2, 0.25) is 0 Å². The third-order valence-electron chi connectivity index (χ3n) is 4.50. The van der Waals surface area contributed by atoms with Crippen LogP contribution >= 0.6 is 11.3 Å². The highest BCUT2D eigenvalue weighted by atomic mass is 32.1. The topological polar surface area (TPSA) is 53.4 Å². The lowest BCUT2D eigenvalue weighted by atomic mass is 9.89. The summed E-state index contributed by atoms with van der Waals surface area (Å²) in [6.07, 6.45) is 7.51. The van der Waals surface area contributed by atoms with Gasteiger partial charge < -0.3 is 10.0 Å². The summed E-state index contributed by atoms with van der Waals surface area (Å²) in [7, 11) is 2.04. The fourth-order valence-corrected chi connectivity index (χ4v) is 3.99. The third kappa shape index (κ3) is 3.96. The molecule has 1 atom stereocenters. The van der Waals surface area contributed by atoms with Crippen molar-refractivity contribution in [1.82, 2.24) is 4.98 Å². The quantitative estimate of drug-likeness (QED) is 0.847. The van der Waals surface area contributed by atoms with Crippen LogP contribution in [0.15, 0.2) is 0 Å². The predicted octanol–water partition coefficient (Wildman–Crippen LogP) is 4.37. The number of aromatic carboxylic acids is 1. The summed E-state index contributed by atoms with van der Waals surface area (Å²) in [4.78, 5) is 18.6. The van der Waals surface area contributed by atoms with Crippen molar-refractivity contribution in [2.45, 2.75) is 58.3 Å². The maximum Gasteiger partial charge on any atom is 0.347 e. The first-order chi connectivity index (χ1) is 10.0. The van der Waals surface area contributed by atoms with Gasteiger partial charge in [-0.05, 0) is 31.1 Å². The van der Waals surface area contributed by atoms with E-state index in [2.05, 4.69) is 16.8 Å². The Kier molecular flexibility index (Phi) is 5.62. The monoisotopic (exact) mass is 310 g/mol. The molecule has 1 unspecified atom stereocenters. The number of carboxylic acid groups (broad SMARTS) is 1. The van der Waals surface area contributed by atoms with E-state index in [1.807, 2.05) is 14.0 Å². The van der Waals surface area contributed by atoms with Gasteiger partial charge in [0.1, 0.15) is 4.88 Å². The minimum absolute atomic E-state index is 0.198. The van der Waals surface area contributed by atoms with Crippen molar-refractivity contribution >= 4 is 22.4 Å². The molecular formula is C16H26N2O2S. The van der Waals surface area contributed by atoms with Gasteiger partial charge in [-0.3, -0.25) is 0 Å². The number of thiazole rings is 1. The molecule has 0 saturated heterocycles. The van der Waals surface area contributed by atoms with Crippen LogP contribution in [0, 0.1) is 5.92 Å². The lowest BCUT2D eigenvalue weighted by Crippen LogP contribution is -2.26. The van der Waals surface area contributed by atoms with Crippen LogP contribution in [0.25, 0.3) is 0 Å². The van der Waals surface area contributed by atoms with Gasteiger partial charge in [-0.15, -0.1) is 0 Å². The second-order valence-electron chi connectivity index (χ2n) is 6.21. The van der Waals surface area contributed by atoms with Crippen LogP contribution < -0.4 is 4.90 Å². The van der Waals surface area contributed by atoms with Crippen molar-refractivity contribution < 1.29 is 9.90 Å². The van der Waals surface area contributed by atoms with Gasteiger partial charge in [0.2, 0.25) is 0 Å². The first-order valence-electron chi connectivity index (χ1n) is 7.98. The Morgan fingerprint density at radius 2 is 2.10 bits per heavy atom. The summed E-state index contributed by atoms with van der Waals surface area (Å²) in [5.74, 6) is 0.0808. The second-order valence-corrected chi connectivity index (χ2v) is 7.19. The highest BCUT2D eigenvalue weighted by Crippen LogP contribution is 2.33. The molecular weight excluding hydrogens is 284 g/mol. The number of nitrogens with zero attached hydrogens (tertiary/aromatic N) is 2. The van der Waals surface area contributed by atoms with Gasteiger partial charge in [0.05, 0.1) is 5.69 Å². The first kappa shape index (κ1) is 16.3. The minimum atomic E-state index is -0.847. The van der Waals surface area contributed by atoms with Crippen LogP contribution in [0.3, 0.4) is 0 Å². The molecule has 1 aromatic rings.